The number of hydrogen-bond donors (Lipinski definition) is 1. The maximum Gasteiger partial charge on any atom is 0.232 e. The van der Waals surface area contributed by atoms with Gasteiger partial charge in [0.15, 0.2) is 0 Å². The van der Waals surface area contributed by atoms with Gasteiger partial charge in [-0.25, -0.2) is 0 Å². The second-order valence-corrected chi connectivity index (χ2v) is 7.32. The fourth-order valence-electron chi connectivity index (χ4n) is 4.40. The van der Waals surface area contributed by atoms with Crippen molar-refractivity contribution in [3.8, 4) is 0 Å². The molecular formula is C16H28N2O2. The van der Waals surface area contributed by atoms with Crippen LogP contribution in [-0.2, 0) is 9.53 Å². The molecule has 2 saturated heterocycles. The zero-order chi connectivity index (χ0) is 14.3. The third kappa shape index (κ3) is 2.17. The molecule has 20 heavy (non-hydrogen) atoms. The van der Waals surface area contributed by atoms with Crippen LogP contribution in [0.2, 0.25) is 0 Å². The lowest BCUT2D eigenvalue weighted by Gasteiger charge is -2.49. The van der Waals surface area contributed by atoms with E-state index < -0.39 is 5.41 Å². The third-order valence-corrected chi connectivity index (χ3v) is 6.01. The lowest BCUT2D eigenvalue weighted by atomic mass is 9.71. The predicted molar refractivity (Wildman–Crippen MR) is 78.1 cm³/mol. The fourth-order valence-corrected chi connectivity index (χ4v) is 4.40. The van der Waals surface area contributed by atoms with Crippen LogP contribution in [0.4, 0.5) is 0 Å². The largest absolute Gasteiger partial charge is 0.379 e. The van der Waals surface area contributed by atoms with Crippen molar-refractivity contribution in [3.05, 3.63) is 0 Å². The Labute approximate surface area is 122 Å². The Hall–Kier alpha value is -0.610. The number of hydrogen-bond acceptors (Lipinski definition) is 3. The Kier molecular flexibility index (Phi) is 3.80. The smallest absolute Gasteiger partial charge is 0.232 e. The van der Waals surface area contributed by atoms with Crippen LogP contribution in [0.25, 0.3) is 0 Å². The van der Waals surface area contributed by atoms with Gasteiger partial charge in [0.1, 0.15) is 0 Å². The van der Waals surface area contributed by atoms with Crippen LogP contribution in [0.15, 0.2) is 0 Å². The van der Waals surface area contributed by atoms with Gasteiger partial charge in [0.2, 0.25) is 5.91 Å². The summed E-state index contributed by atoms with van der Waals surface area (Å²) in [7, 11) is 0. The molecule has 1 saturated carbocycles. The summed E-state index contributed by atoms with van der Waals surface area (Å²) in [6.45, 7) is 6.25. The highest BCUT2D eigenvalue weighted by Crippen LogP contribution is 2.41. The molecule has 5 unspecified atom stereocenters. The van der Waals surface area contributed by atoms with E-state index in [2.05, 4.69) is 11.8 Å². The van der Waals surface area contributed by atoms with Crippen LogP contribution in [-0.4, -0.2) is 42.6 Å². The second-order valence-electron chi connectivity index (χ2n) is 7.32. The van der Waals surface area contributed by atoms with Crippen molar-refractivity contribution in [3.63, 3.8) is 0 Å². The molecule has 4 heteroatoms. The zero-order valence-electron chi connectivity index (χ0n) is 12.8. The van der Waals surface area contributed by atoms with Crippen molar-refractivity contribution in [2.24, 2.45) is 23.0 Å². The molecule has 4 nitrogen and oxygen atoms in total. The van der Waals surface area contributed by atoms with Crippen molar-refractivity contribution in [2.45, 2.75) is 58.0 Å². The van der Waals surface area contributed by atoms with Gasteiger partial charge in [-0.1, -0.05) is 19.8 Å². The summed E-state index contributed by atoms with van der Waals surface area (Å²) in [6, 6.07) is 0.293. The number of rotatable bonds is 1. The monoisotopic (exact) mass is 280 g/mol. The van der Waals surface area contributed by atoms with Gasteiger partial charge in [-0.15, -0.1) is 0 Å². The summed E-state index contributed by atoms with van der Waals surface area (Å²) in [5, 5.41) is 0. The molecule has 3 fully saturated rings. The van der Waals surface area contributed by atoms with Crippen molar-refractivity contribution in [1.82, 2.24) is 4.90 Å². The van der Waals surface area contributed by atoms with Crippen molar-refractivity contribution < 1.29 is 9.53 Å². The first kappa shape index (κ1) is 14.3. The molecule has 2 aliphatic heterocycles. The van der Waals surface area contributed by atoms with Crippen LogP contribution < -0.4 is 5.73 Å². The molecule has 5 atom stereocenters. The Morgan fingerprint density at radius 1 is 1.30 bits per heavy atom. The summed E-state index contributed by atoms with van der Waals surface area (Å²) < 4.78 is 5.47. The van der Waals surface area contributed by atoms with Gasteiger partial charge in [-0.3, -0.25) is 4.79 Å². The normalized spacial score (nSPS) is 45.2. The number of nitrogens with zero attached hydrogens (tertiary/aromatic N) is 1. The molecule has 2 N–H and O–H groups in total. The molecule has 0 aromatic heterocycles. The Bertz CT molecular complexity index is 387. The van der Waals surface area contributed by atoms with E-state index in [1.807, 2.05) is 6.92 Å². The fraction of sp³-hybridized carbons (Fsp3) is 0.938. The standard InChI is InChI=1S/C16H28N2O2/c1-11-7-8-18(13-6-4-3-5-12(11)13)15(19)16(2)10-20-9-14(16)17/h11-14H,3-10,17H2,1-2H3. The first-order valence-electron chi connectivity index (χ1n) is 8.18. The number of carbonyl (C=O) groups excluding carboxylic acids is 1. The van der Waals surface area contributed by atoms with Crippen molar-refractivity contribution in [2.75, 3.05) is 19.8 Å². The first-order chi connectivity index (χ1) is 9.54. The van der Waals surface area contributed by atoms with Crippen LogP contribution in [0.1, 0.15) is 46.0 Å². The Morgan fingerprint density at radius 2 is 2.05 bits per heavy atom. The topological polar surface area (TPSA) is 55.6 Å². The SMILES string of the molecule is CC1CCN(C(=O)C2(C)COCC2N)C2CCCCC12. The van der Waals surface area contributed by atoms with E-state index >= 15 is 0 Å². The molecule has 3 rings (SSSR count). The van der Waals surface area contributed by atoms with E-state index in [0.29, 0.717) is 25.2 Å². The zero-order valence-corrected chi connectivity index (χ0v) is 12.8. The number of likely N-dealkylation sites (tertiary alicyclic amines) is 1. The third-order valence-electron chi connectivity index (χ3n) is 6.01. The average molecular weight is 280 g/mol. The maximum atomic E-state index is 13.1. The van der Waals surface area contributed by atoms with E-state index in [4.69, 9.17) is 10.5 Å². The summed E-state index contributed by atoms with van der Waals surface area (Å²) in [4.78, 5) is 15.2. The lowest BCUT2D eigenvalue weighted by molar-refractivity contribution is -0.149. The van der Waals surface area contributed by atoms with Gasteiger partial charge in [-0.05, 0) is 38.0 Å². The van der Waals surface area contributed by atoms with Gasteiger partial charge >= 0.3 is 0 Å². The van der Waals surface area contributed by atoms with Gasteiger partial charge in [0.05, 0.1) is 18.6 Å². The highest BCUT2D eigenvalue weighted by Gasteiger charge is 2.50. The molecular weight excluding hydrogens is 252 g/mol. The minimum absolute atomic E-state index is 0.156. The molecule has 114 valence electrons. The van der Waals surface area contributed by atoms with Gasteiger partial charge in [0, 0.05) is 18.6 Å². The van der Waals surface area contributed by atoms with Crippen LogP contribution >= 0.6 is 0 Å². The number of fused-ring (bicyclic) bond motifs is 1. The minimum Gasteiger partial charge on any atom is -0.379 e. The van der Waals surface area contributed by atoms with Crippen LogP contribution in [0, 0.1) is 17.3 Å². The number of ether oxygens (including phenoxy) is 1. The van der Waals surface area contributed by atoms with E-state index in [1.165, 1.54) is 25.7 Å². The van der Waals surface area contributed by atoms with Gasteiger partial charge < -0.3 is 15.4 Å². The van der Waals surface area contributed by atoms with E-state index in [-0.39, 0.29) is 11.9 Å². The highest BCUT2D eigenvalue weighted by molar-refractivity contribution is 5.84. The van der Waals surface area contributed by atoms with Crippen LogP contribution in [0.5, 0.6) is 0 Å². The molecule has 0 spiro atoms. The Balaban J connectivity index is 1.80. The minimum atomic E-state index is -0.511. The highest BCUT2D eigenvalue weighted by atomic mass is 16.5. The molecule has 3 aliphatic rings. The van der Waals surface area contributed by atoms with Crippen molar-refractivity contribution >= 4 is 5.91 Å². The molecule has 1 aliphatic carbocycles. The summed E-state index contributed by atoms with van der Waals surface area (Å²) in [5.74, 6) is 1.69. The van der Waals surface area contributed by atoms with Crippen molar-refractivity contribution in [1.29, 1.82) is 0 Å². The molecule has 0 aromatic rings. The quantitative estimate of drug-likeness (QED) is 0.796. The average Bonchev–Trinajstić information content (AvgIpc) is 2.80. The number of nitrogens with two attached hydrogens (primary N) is 1. The first-order valence-corrected chi connectivity index (χ1v) is 8.18. The van der Waals surface area contributed by atoms with Crippen LogP contribution in [0.3, 0.4) is 0 Å². The number of carbonyl (C=O) groups is 1. The Morgan fingerprint density at radius 3 is 2.75 bits per heavy atom. The summed E-state index contributed by atoms with van der Waals surface area (Å²) in [6.07, 6.45) is 6.19. The second kappa shape index (κ2) is 5.30. The van der Waals surface area contributed by atoms with Gasteiger partial charge in [-0.2, -0.15) is 0 Å². The summed E-state index contributed by atoms with van der Waals surface area (Å²) in [5.41, 5.74) is 5.63. The van der Waals surface area contributed by atoms with E-state index in [1.54, 1.807) is 0 Å². The summed E-state index contributed by atoms with van der Waals surface area (Å²) >= 11 is 0. The molecule has 2 heterocycles. The maximum absolute atomic E-state index is 13.1. The number of piperidine rings is 1. The lowest BCUT2D eigenvalue weighted by Crippen LogP contribution is -2.59. The molecule has 1 amide bonds. The molecule has 0 aromatic carbocycles. The molecule has 0 bridgehead atoms. The van der Waals surface area contributed by atoms with Gasteiger partial charge in [0.25, 0.3) is 0 Å². The van der Waals surface area contributed by atoms with E-state index in [9.17, 15) is 4.79 Å². The number of amides is 1. The predicted octanol–water partition coefficient (Wildman–Crippen LogP) is 1.78. The molecule has 0 radical (unpaired) electrons. The van der Waals surface area contributed by atoms with E-state index in [0.717, 1.165) is 18.9 Å².